The number of Topliss-reactive ketones (excluding diaryl/α,β-unsaturated/α-hetero) is 1. The molecule has 2 nitrogen and oxygen atoms in total. The molecule has 0 saturated heterocycles. The van der Waals surface area contributed by atoms with E-state index in [1.54, 1.807) is 0 Å². The van der Waals surface area contributed by atoms with E-state index in [0.29, 0.717) is 0 Å². The van der Waals surface area contributed by atoms with Crippen LogP contribution in [-0.4, -0.2) is 12.4 Å². The van der Waals surface area contributed by atoms with E-state index in [-0.39, 0.29) is 4.47 Å². The third-order valence-corrected chi connectivity index (χ3v) is 2.56. The lowest BCUT2D eigenvalue weighted by Gasteiger charge is -2.14. The van der Waals surface area contributed by atoms with Crippen LogP contribution in [0.4, 0.5) is 17.6 Å². The fourth-order valence-corrected chi connectivity index (χ4v) is 1.75. The van der Waals surface area contributed by atoms with Crippen molar-refractivity contribution in [1.82, 2.24) is 0 Å². The van der Waals surface area contributed by atoms with E-state index in [9.17, 15) is 22.4 Å². The number of rotatable bonds is 4. The summed E-state index contributed by atoms with van der Waals surface area (Å²) in [6.07, 6.45) is -2.94. The maximum absolute atomic E-state index is 12.6. The number of ether oxygens (including phenoxy) is 1. The van der Waals surface area contributed by atoms with Gasteiger partial charge in [-0.05, 0) is 28.9 Å². The zero-order valence-corrected chi connectivity index (χ0v) is 10.1. The quantitative estimate of drug-likeness (QED) is 0.615. The maximum atomic E-state index is 12.6. The summed E-state index contributed by atoms with van der Waals surface area (Å²) in [4.78, 5) is 11.2. The Kier molecular flexibility index (Phi) is 4.50. The molecule has 0 heterocycles. The molecule has 0 atom stereocenters. The first-order chi connectivity index (χ1) is 7.84. The molecular weight excluding hydrogens is 308 g/mol. The zero-order valence-electron chi connectivity index (χ0n) is 8.52. The minimum atomic E-state index is -3.20. The molecule has 0 fully saturated rings. The average molecular weight is 315 g/mol. The summed E-state index contributed by atoms with van der Waals surface area (Å²) in [5, 5.41) is 0. The standard InChI is InChI=1S/C10H7BrF4O2/c1-4(16)7-5(9(12)13)2-3-6(11)8(7)17-10(14)15/h2-3,9-10H,1H3. The molecule has 0 aromatic heterocycles. The summed E-state index contributed by atoms with van der Waals surface area (Å²) in [5.74, 6) is -1.33. The average Bonchev–Trinajstić information content (AvgIpc) is 2.19. The molecule has 1 aromatic carbocycles. The van der Waals surface area contributed by atoms with Gasteiger partial charge in [-0.1, -0.05) is 6.07 Å². The molecule has 0 aliphatic rings. The van der Waals surface area contributed by atoms with E-state index in [2.05, 4.69) is 20.7 Å². The van der Waals surface area contributed by atoms with Crippen LogP contribution in [0.25, 0.3) is 0 Å². The van der Waals surface area contributed by atoms with Gasteiger partial charge >= 0.3 is 6.61 Å². The predicted molar refractivity (Wildman–Crippen MR) is 55.7 cm³/mol. The van der Waals surface area contributed by atoms with Crippen molar-refractivity contribution in [2.24, 2.45) is 0 Å². The molecule has 0 radical (unpaired) electrons. The molecule has 0 N–H and O–H groups in total. The van der Waals surface area contributed by atoms with Gasteiger partial charge in [0.25, 0.3) is 6.43 Å². The normalized spacial score (nSPS) is 11.1. The van der Waals surface area contributed by atoms with E-state index < -0.39 is 35.7 Å². The Labute approximate surface area is 103 Å². The first kappa shape index (κ1) is 14.0. The van der Waals surface area contributed by atoms with Gasteiger partial charge in [-0.2, -0.15) is 8.78 Å². The first-order valence-electron chi connectivity index (χ1n) is 4.41. The fraction of sp³-hybridized carbons (Fsp3) is 0.300. The summed E-state index contributed by atoms with van der Waals surface area (Å²) in [5.41, 5.74) is -1.16. The molecule has 1 aromatic rings. The molecule has 7 heteroatoms. The third-order valence-electron chi connectivity index (χ3n) is 1.94. The second-order valence-electron chi connectivity index (χ2n) is 3.08. The number of benzene rings is 1. The monoisotopic (exact) mass is 314 g/mol. The fourth-order valence-electron chi connectivity index (χ4n) is 1.32. The molecule has 1 rings (SSSR count). The van der Waals surface area contributed by atoms with Gasteiger partial charge in [0.15, 0.2) is 11.5 Å². The van der Waals surface area contributed by atoms with Crippen LogP contribution in [0.3, 0.4) is 0 Å². The molecule has 0 amide bonds. The van der Waals surface area contributed by atoms with Gasteiger partial charge in [0, 0.05) is 5.56 Å². The van der Waals surface area contributed by atoms with Gasteiger partial charge in [-0.25, -0.2) is 8.78 Å². The van der Waals surface area contributed by atoms with Crippen LogP contribution in [-0.2, 0) is 0 Å². The third kappa shape index (κ3) is 3.18. The highest BCUT2D eigenvalue weighted by Gasteiger charge is 2.24. The maximum Gasteiger partial charge on any atom is 0.387 e. The molecule has 0 aliphatic heterocycles. The van der Waals surface area contributed by atoms with E-state index in [0.717, 1.165) is 19.1 Å². The van der Waals surface area contributed by atoms with E-state index >= 15 is 0 Å². The largest absolute Gasteiger partial charge is 0.433 e. The van der Waals surface area contributed by atoms with Crippen molar-refractivity contribution in [3.05, 3.63) is 27.7 Å². The molecule has 94 valence electrons. The summed E-state index contributed by atoms with van der Waals surface area (Å²) in [6, 6.07) is 2.12. The molecule has 0 saturated carbocycles. The SMILES string of the molecule is CC(=O)c1c(C(F)F)ccc(Br)c1OC(F)F. The summed E-state index contributed by atoms with van der Waals surface area (Å²) in [6.45, 7) is -2.19. The summed E-state index contributed by atoms with van der Waals surface area (Å²) >= 11 is 2.87. The van der Waals surface area contributed by atoms with Crippen LogP contribution in [0.15, 0.2) is 16.6 Å². The van der Waals surface area contributed by atoms with Gasteiger partial charge in [-0.15, -0.1) is 0 Å². The molecule has 0 spiro atoms. The van der Waals surface area contributed by atoms with Crippen molar-refractivity contribution in [1.29, 1.82) is 0 Å². The highest BCUT2D eigenvalue weighted by Crippen LogP contribution is 2.37. The van der Waals surface area contributed by atoms with Gasteiger partial charge in [0.05, 0.1) is 10.0 Å². The molecule has 17 heavy (non-hydrogen) atoms. The van der Waals surface area contributed by atoms with Crippen molar-refractivity contribution in [3.63, 3.8) is 0 Å². The summed E-state index contributed by atoms with van der Waals surface area (Å²) < 4.78 is 53.6. The topological polar surface area (TPSA) is 26.3 Å². The number of carbonyl (C=O) groups is 1. The highest BCUT2D eigenvalue weighted by atomic mass is 79.9. The molecule has 0 aliphatic carbocycles. The van der Waals surface area contributed by atoms with Crippen LogP contribution >= 0.6 is 15.9 Å². The number of alkyl halides is 4. The van der Waals surface area contributed by atoms with Gasteiger partial charge < -0.3 is 4.74 Å². The molecule has 0 unspecified atom stereocenters. The Morgan fingerprint density at radius 3 is 2.29 bits per heavy atom. The molecule has 0 bridgehead atoms. The summed E-state index contributed by atoms with van der Waals surface area (Å²) in [7, 11) is 0. The van der Waals surface area contributed by atoms with E-state index in [1.165, 1.54) is 0 Å². The van der Waals surface area contributed by atoms with Crippen molar-refractivity contribution in [2.45, 2.75) is 20.0 Å². The van der Waals surface area contributed by atoms with E-state index in [4.69, 9.17) is 0 Å². The van der Waals surface area contributed by atoms with Crippen molar-refractivity contribution >= 4 is 21.7 Å². The lowest BCUT2D eigenvalue weighted by atomic mass is 10.0. The predicted octanol–water partition coefficient (Wildman–Crippen LogP) is 4.19. The minimum absolute atomic E-state index is 0.0207. The molecular formula is C10H7BrF4O2. The Balaban J connectivity index is 3.43. The minimum Gasteiger partial charge on any atom is -0.433 e. The van der Waals surface area contributed by atoms with Gasteiger partial charge in [0.2, 0.25) is 0 Å². The van der Waals surface area contributed by atoms with Crippen LogP contribution < -0.4 is 4.74 Å². The lowest BCUT2D eigenvalue weighted by Crippen LogP contribution is -2.10. The van der Waals surface area contributed by atoms with E-state index in [1.807, 2.05) is 0 Å². The van der Waals surface area contributed by atoms with Crippen molar-refractivity contribution in [3.8, 4) is 5.75 Å². The number of halogens is 5. The number of ketones is 1. The first-order valence-corrected chi connectivity index (χ1v) is 5.20. The second-order valence-corrected chi connectivity index (χ2v) is 3.93. The number of hydrogen-bond acceptors (Lipinski definition) is 2. The Hall–Kier alpha value is -1.11. The zero-order chi connectivity index (χ0) is 13.2. The Bertz CT molecular complexity index is 435. The van der Waals surface area contributed by atoms with Crippen molar-refractivity contribution < 1.29 is 27.1 Å². The highest BCUT2D eigenvalue weighted by molar-refractivity contribution is 9.10. The second kappa shape index (κ2) is 5.48. The van der Waals surface area contributed by atoms with Crippen molar-refractivity contribution in [2.75, 3.05) is 0 Å². The van der Waals surface area contributed by atoms with Crippen LogP contribution in [0, 0.1) is 0 Å². The Morgan fingerprint density at radius 2 is 1.88 bits per heavy atom. The van der Waals surface area contributed by atoms with Gasteiger partial charge in [0.1, 0.15) is 0 Å². The lowest BCUT2D eigenvalue weighted by molar-refractivity contribution is -0.0508. The van der Waals surface area contributed by atoms with Crippen LogP contribution in [0.2, 0.25) is 0 Å². The smallest absolute Gasteiger partial charge is 0.387 e. The van der Waals surface area contributed by atoms with Crippen LogP contribution in [0.5, 0.6) is 5.75 Å². The number of carbonyl (C=O) groups excluding carboxylic acids is 1. The Morgan fingerprint density at radius 1 is 1.29 bits per heavy atom. The number of hydrogen-bond donors (Lipinski definition) is 0. The van der Waals surface area contributed by atoms with Gasteiger partial charge in [-0.3, -0.25) is 4.79 Å². The van der Waals surface area contributed by atoms with Crippen LogP contribution in [0.1, 0.15) is 29.3 Å².